The summed E-state index contributed by atoms with van der Waals surface area (Å²) in [6.45, 7) is 1.66. The Morgan fingerprint density at radius 3 is 2.48 bits per heavy atom. The van der Waals surface area contributed by atoms with Crippen molar-refractivity contribution in [2.24, 2.45) is 0 Å². The fraction of sp³-hybridized carbons (Fsp3) is 0.133. The smallest absolute Gasteiger partial charge is 0.265 e. The van der Waals surface area contributed by atoms with E-state index in [1.807, 2.05) is 0 Å². The van der Waals surface area contributed by atoms with Crippen molar-refractivity contribution in [2.45, 2.75) is 13.0 Å². The highest BCUT2D eigenvalue weighted by Crippen LogP contribution is 2.23. The summed E-state index contributed by atoms with van der Waals surface area (Å²) in [5.74, 6) is 0.282. The Morgan fingerprint density at radius 1 is 1.19 bits per heavy atom. The summed E-state index contributed by atoms with van der Waals surface area (Å²) in [4.78, 5) is 12.0. The largest absolute Gasteiger partial charge is 0.481 e. The lowest BCUT2D eigenvalue weighted by molar-refractivity contribution is -0.122. The van der Waals surface area contributed by atoms with Crippen molar-refractivity contribution in [1.82, 2.24) is 0 Å². The molecule has 0 radical (unpaired) electrons. The second-order valence-electron chi connectivity index (χ2n) is 4.44. The molecular formula is C15H14Cl2N2O2. The van der Waals surface area contributed by atoms with Gasteiger partial charge in [0, 0.05) is 10.7 Å². The molecule has 2 aromatic carbocycles. The maximum absolute atomic E-state index is 12.0. The first-order chi connectivity index (χ1) is 9.95. The zero-order chi connectivity index (χ0) is 15.4. The number of benzene rings is 2. The van der Waals surface area contributed by atoms with Crippen LogP contribution in [0.5, 0.6) is 5.75 Å². The van der Waals surface area contributed by atoms with E-state index in [-0.39, 0.29) is 5.91 Å². The number of nitrogens with two attached hydrogens (primary N) is 1. The monoisotopic (exact) mass is 324 g/mol. The van der Waals surface area contributed by atoms with E-state index in [4.69, 9.17) is 33.7 Å². The first kappa shape index (κ1) is 15.5. The van der Waals surface area contributed by atoms with E-state index in [9.17, 15) is 4.79 Å². The van der Waals surface area contributed by atoms with E-state index in [0.717, 1.165) is 0 Å². The standard InChI is InChI=1S/C15H14Cl2N2O2/c1-9(21-12-5-2-10(16)3-6-12)15(20)19-11-4-7-13(17)14(18)8-11/h2-9H,18H2,1H3,(H,19,20)/t9-/m0/s1. The molecule has 0 spiro atoms. The lowest BCUT2D eigenvalue weighted by Crippen LogP contribution is -2.30. The fourth-order valence-electron chi connectivity index (χ4n) is 1.64. The number of nitrogen functional groups attached to an aromatic ring is 1. The second kappa shape index (κ2) is 6.70. The Balaban J connectivity index is 1.98. The van der Waals surface area contributed by atoms with Gasteiger partial charge in [0.15, 0.2) is 6.10 Å². The van der Waals surface area contributed by atoms with Crippen LogP contribution in [0.15, 0.2) is 42.5 Å². The highest BCUT2D eigenvalue weighted by Gasteiger charge is 2.15. The number of amides is 1. The van der Waals surface area contributed by atoms with Gasteiger partial charge in [0.2, 0.25) is 0 Å². The van der Waals surface area contributed by atoms with Crippen LogP contribution in [0.3, 0.4) is 0 Å². The van der Waals surface area contributed by atoms with Gasteiger partial charge in [-0.05, 0) is 49.4 Å². The van der Waals surface area contributed by atoms with Gasteiger partial charge in [0.1, 0.15) is 5.75 Å². The molecule has 0 aliphatic rings. The molecule has 3 N–H and O–H groups in total. The number of halogens is 2. The van der Waals surface area contributed by atoms with Crippen molar-refractivity contribution in [3.05, 3.63) is 52.5 Å². The zero-order valence-electron chi connectivity index (χ0n) is 11.3. The molecule has 1 atom stereocenters. The SMILES string of the molecule is C[C@H](Oc1ccc(Cl)cc1)C(=O)Nc1ccc(Cl)c(N)c1. The molecule has 4 nitrogen and oxygen atoms in total. The average molecular weight is 325 g/mol. The number of anilines is 2. The zero-order valence-corrected chi connectivity index (χ0v) is 12.8. The van der Waals surface area contributed by atoms with Gasteiger partial charge in [-0.1, -0.05) is 23.2 Å². The topological polar surface area (TPSA) is 64.3 Å². The molecule has 21 heavy (non-hydrogen) atoms. The molecule has 0 bridgehead atoms. The molecule has 0 fully saturated rings. The van der Waals surface area contributed by atoms with E-state index in [0.29, 0.717) is 27.2 Å². The molecule has 0 saturated carbocycles. The molecule has 110 valence electrons. The molecule has 2 aromatic rings. The van der Waals surface area contributed by atoms with Crippen LogP contribution < -0.4 is 15.8 Å². The normalized spacial score (nSPS) is 11.8. The lowest BCUT2D eigenvalue weighted by Gasteiger charge is -2.15. The third kappa shape index (κ3) is 4.28. The van der Waals surface area contributed by atoms with Crippen molar-refractivity contribution in [2.75, 3.05) is 11.1 Å². The molecule has 1 amide bonds. The van der Waals surface area contributed by atoms with E-state index < -0.39 is 6.10 Å². The second-order valence-corrected chi connectivity index (χ2v) is 5.28. The van der Waals surface area contributed by atoms with Crippen LogP contribution in [-0.2, 0) is 4.79 Å². The summed E-state index contributed by atoms with van der Waals surface area (Å²) in [6, 6.07) is 11.7. The molecule has 0 unspecified atom stereocenters. The maximum atomic E-state index is 12.0. The Bertz CT molecular complexity index is 645. The highest BCUT2D eigenvalue weighted by atomic mass is 35.5. The predicted octanol–water partition coefficient (Wildman–Crippen LogP) is 3.98. The number of ether oxygens (including phenoxy) is 1. The summed E-state index contributed by atoms with van der Waals surface area (Å²) in [5.41, 5.74) is 6.65. The van der Waals surface area contributed by atoms with Crippen LogP contribution in [0.2, 0.25) is 10.0 Å². The van der Waals surface area contributed by atoms with Crippen molar-refractivity contribution in [3.63, 3.8) is 0 Å². The summed E-state index contributed by atoms with van der Waals surface area (Å²) in [6.07, 6.45) is -0.664. The summed E-state index contributed by atoms with van der Waals surface area (Å²) >= 11 is 11.6. The third-order valence-electron chi connectivity index (χ3n) is 2.76. The van der Waals surface area contributed by atoms with Crippen molar-refractivity contribution in [3.8, 4) is 5.75 Å². The molecule has 0 heterocycles. The molecule has 0 aromatic heterocycles. The quantitative estimate of drug-likeness (QED) is 0.836. The number of carbonyl (C=O) groups excluding carboxylic acids is 1. The van der Waals surface area contributed by atoms with Crippen LogP contribution in [0.1, 0.15) is 6.92 Å². The van der Waals surface area contributed by atoms with Crippen LogP contribution in [0.25, 0.3) is 0 Å². The molecule has 2 rings (SSSR count). The minimum atomic E-state index is -0.664. The number of rotatable bonds is 4. The number of hydrogen-bond donors (Lipinski definition) is 2. The minimum absolute atomic E-state index is 0.285. The fourth-order valence-corrected chi connectivity index (χ4v) is 1.88. The average Bonchev–Trinajstić information content (AvgIpc) is 2.45. The molecule has 0 aliphatic heterocycles. The summed E-state index contributed by atoms with van der Waals surface area (Å²) < 4.78 is 5.53. The van der Waals surface area contributed by atoms with E-state index >= 15 is 0 Å². The Hall–Kier alpha value is -1.91. The minimum Gasteiger partial charge on any atom is -0.481 e. The van der Waals surface area contributed by atoms with Gasteiger partial charge < -0.3 is 15.8 Å². The highest BCUT2D eigenvalue weighted by molar-refractivity contribution is 6.33. The van der Waals surface area contributed by atoms with Crippen LogP contribution in [0.4, 0.5) is 11.4 Å². The predicted molar refractivity (Wildman–Crippen MR) is 86.0 cm³/mol. The third-order valence-corrected chi connectivity index (χ3v) is 3.36. The van der Waals surface area contributed by atoms with Gasteiger partial charge in [-0.2, -0.15) is 0 Å². The van der Waals surface area contributed by atoms with Gasteiger partial charge in [-0.15, -0.1) is 0 Å². The summed E-state index contributed by atoms with van der Waals surface area (Å²) in [7, 11) is 0. The maximum Gasteiger partial charge on any atom is 0.265 e. The van der Waals surface area contributed by atoms with Crippen LogP contribution >= 0.6 is 23.2 Å². The Kier molecular flexibility index (Phi) is 4.94. The lowest BCUT2D eigenvalue weighted by atomic mass is 10.2. The molecule has 0 aliphatic carbocycles. The van der Waals surface area contributed by atoms with Gasteiger partial charge in [0.25, 0.3) is 5.91 Å². The van der Waals surface area contributed by atoms with Crippen LogP contribution in [-0.4, -0.2) is 12.0 Å². The first-order valence-electron chi connectivity index (χ1n) is 6.24. The number of carbonyl (C=O) groups is 1. The van der Waals surface area contributed by atoms with Crippen LogP contribution in [0, 0.1) is 0 Å². The summed E-state index contributed by atoms with van der Waals surface area (Å²) in [5, 5.41) is 3.76. The van der Waals surface area contributed by atoms with E-state index in [1.54, 1.807) is 49.4 Å². The van der Waals surface area contributed by atoms with Crippen molar-refractivity contribution in [1.29, 1.82) is 0 Å². The van der Waals surface area contributed by atoms with E-state index in [1.165, 1.54) is 0 Å². The number of hydrogen-bond acceptors (Lipinski definition) is 3. The van der Waals surface area contributed by atoms with Gasteiger partial charge in [0.05, 0.1) is 10.7 Å². The van der Waals surface area contributed by atoms with Crippen molar-refractivity contribution < 1.29 is 9.53 Å². The van der Waals surface area contributed by atoms with Gasteiger partial charge in [-0.3, -0.25) is 4.79 Å². The molecule has 0 saturated heterocycles. The van der Waals surface area contributed by atoms with Gasteiger partial charge >= 0.3 is 0 Å². The molecule has 6 heteroatoms. The van der Waals surface area contributed by atoms with Gasteiger partial charge in [-0.25, -0.2) is 0 Å². The first-order valence-corrected chi connectivity index (χ1v) is 6.99. The Labute approximate surface area is 132 Å². The Morgan fingerprint density at radius 2 is 1.86 bits per heavy atom. The van der Waals surface area contributed by atoms with E-state index in [2.05, 4.69) is 5.32 Å². The van der Waals surface area contributed by atoms with Crippen molar-refractivity contribution >= 4 is 40.5 Å². The number of nitrogens with one attached hydrogen (secondary N) is 1. The molecular weight excluding hydrogens is 311 g/mol.